The molecule has 1 aliphatic rings. The van der Waals surface area contributed by atoms with Crippen molar-refractivity contribution < 1.29 is 4.79 Å². The van der Waals surface area contributed by atoms with Gasteiger partial charge in [0.25, 0.3) is 0 Å². The van der Waals surface area contributed by atoms with Gasteiger partial charge in [-0.05, 0) is 31.0 Å². The summed E-state index contributed by atoms with van der Waals surface area (Å²) in [5, 5.41) is 0. The van der Waals surface area contributed by atoms with E-state index in [0.717, 1.165) is 31.4 Å². The van der Waals surface area contributed by atoms with Crippen LogP contribution in [0.3, 0.4) is 0 Å². The van der Waals surface area contributed by atoms with Crippen LogP contribution in [-0.4, -0.2) is 10.7 Å². The average Bonchev–Trinajstić information content (AvgIpc) is 2.72. The predicted molar refractivity (Wildman–Crippen MR) is 82.9 cm³/mol. The number of hydrogen-bond donors (Lipinski definition) is 0. The zero-order chi connectivity index (χ0) is 14.4. The van der Waals surface area contributed by atoms with E-state index in [4.69, 9.17) is 0 Å². The summed E-state index contributed by atoms with van der Waals surface area (Å²) in [7, 11) is 0. The highest BCUT2D eigenvalue weighted by atomic mass is 16.1. The first-order valence-corrected chi connectivity index (χ1v) is 7.42. The molecule has 1 atom stereocenters. The lowest BCUT2D eigenvalue weighted by atomic mass is 9.95. The summed E-state index contributed by atoms with van der Waals surface area (Å²) in [6, 6.07) is 10.3. The summed E-state index contributed by atoms with van der Waals surface area (Å²) in [6.45, 7) is 4.90. The van der Waals surface area contributed by atoms with Gasteiger partial charge in [-0.2, -0.15) is 0 Å². The van der Waals surface area contributed by atoms with E-state index in [1.807, 2.05) is 31.3 Å². The van der Waals surface area contributed by atoms with Crippen molar-refractivity contribution in [3.63, 3.8) is 0 Å². The van der Waals surface area contributed by atoms with E-state index < -0.39 is 0 Å². The third-order valence-electron chi connectivity index (χ3n) is 3.78. The largest absolute Gasteiger partial charge is 0.350 e. The summed E-state index contributed by atoms with van der Waals surface area (Å²) in [4.78, 5) is 14.5. The zero-order valence-electron chi connectivity index (χ0n) is 12.4. The second-order valence-electron chi connectivity index (χ2n) is 5.41. The minimum Gasteiger partial charge on any atom is -0.350 e. The number of Topliss-reactive ketones (excluding diaryl/α,β-unsaturated/α-hetero) is 1. The van der Waals surface area contributed by atoms with Gasteiger partial charge in [-0.3, -0.25) is 4.79 Å². The SMILES string of the molecule is CCC(C)C(=O)C1=CN(Cc2ccccc2)C=CCC1. The lowest BCUT2D eigenvalue weighted by molar-refractivity contribution is -0.119. The molecule has 1 aromatic carbocycles. The molecule has 0 bridgehead atoms. The molecule has 0 aromatic heterocycles. The maximum Gasteiger partial charge on any atom is 0.163 e. The Morgan fingerprint density at radius 1 is 1.30 bits per heavy atom. The monoisotopic (exact) mass is 269 g/mol. The number of carbonyl (C=O) groups is 1. The quantitative estimate of drug-likeness (QED) is 0.794. The number of nitrogens with zero attached hydrogens (tertiary/aromatic N) is 1. The van der Waals surface area contributed by atoms with Crippen LogP contribution in [0.5, 0.6) is 0 Å². The molecule has 1 aromatic rings. The number of hydrogen-bond acceptors (Lipinski definition) is 2. The standard InChI is InChI=1S/C18H23NO/c1-3-15(2)18(20)17-11-7-8-12-19(14-17)13-16-9-5-4-6-10-16/h4-6,8-10,12,14-15H,3,7,11,13H2,1-2H3. The van der Waals surface area contributed by atoms with E-state index in [0.29, 0.717) is 5.78 Å². The van der Waals surface area contributed by atoms with E-state index in [1.165, 1.54) is 5.56 Å². The van der Waals surface area contributed by atoms with Crippen molar-refractivity contribution in [2.24, 2.45) is 5.92 Å². The second-order valence-corrected chi connectivity index (χ2v) is 5.41. The fraction of sp³-hybridized carbons (Fsp3) is 0.389. The first-order valence-electron chi connectivity index (χ1n) is 7.42. The molecule has 2 heteroatoms. The molecule has 0 saturated carbocycles. The van der Waals surface area contributed by atoms with Crippen LogP contribution in [-0.2, 0) is 11.3 Å². The predicted octanol–water partition coefficient (Wildman–Crippen LogP) is 4.30. The Kier molecular flexibility index (Phi) is 5.16. The molecule has 1 unspecified atom stereocenters. The Balaban J connectivity index is 2.13. The molecule has 0 aliphatic carbocycles. The summed E-state index contributed by atoms with van der Waals surface area (Å²) in [5.74, 6) is 0.423. The van der Waals surface area contributed by atoms with Crippen LogP contribution in [0.25, 0.3) is 0 Å². The van der Waals surface area contributed by atoms with E-state index in [2.05, 4.69) is 36.2 Å². The van der Waals surface area contributed by atoms with Gasteiger partial charge in [-0.15, -0.1) is 0 Å². The van der Waals surface area contributed by atoms with Gasteiger partial charge < -0.3 is 4.90 Å². The smallest absolute Gasteiger partial charge is 0.163 e. The van der Waals surface area contributed by atoms with Gasteiger partial charge in [0.05, 0.1) is 0 Å². The number of benzene rings is 1. The fourth-order valence-corrected chi connectivity index (χ4v) is 2.34. The van der Waals surface area contributed by atoms with Gasteiger partial charge in [0.15, 0.2) is 5.78 Å². The maximum atomic E-state index is 12.4. The van der Waals surface area contributed by atoms with Gasteiger partial charge in [0.1, 0.15) is 0 Å². The lowest BCUT2D eigenvalue weighted by Crippen LogP contribution is -2.16. The molecule has 0 saturated heterocycles. The van der Waals surface area contributed by atoms with Crippen molar-refractivity contribution in [3.8, 4) is 0 Å². The molecule has 0 spiro atoms. The Morgan fingerprint density at radius 2 is 2.05 bits per heavy atom. The van der Waals surface area contributed by atoms with Crippen LogP contribution >= 0.6 is 0 Å². The molecule has 106 valence electrons. The minimum absolute atomic E-state index is 0.123. The lowest BCUT2D eigenvalue weighted by Gasteiger charge is -2.17. The Morgan fingerprint density at radius 3 is 2.75 bits per heavy atom. The van der Waals surface area contributed by atoms with Crippen LogP contribution in [0.15, 0.2) is 54.4 Å². The van der Waals surface area contributed by atoms with Gasteiger partial charge in [0.2, 0.25) is 0 Å². The molecule has 0 amide bonds. The first-order chi connectivity index (χ1) is 9.70. The zero-order valence-corrected chi connectivity index (χ0v) is 12.4. The summed E-state index contributed by atoms with van der Waals surface area (Å²) >= 11 is 0. The van der Waals surface area contributed by atoms with Gasteiger partial charge in [-0.25, -0.2) is 0 Å². The number of allylic oxidation sites excluding steroid dienone is 2. The molecule has 1 aliphatic heterocycles. The van der Waals surface area contributed by atoms with Crippen molar-refractivity contribution in [3.05, 3.63) is 59.9 Å². The molecule has 1 heterocycles. The molecular weight excluding hydrogens is 246 g/mol. The molecular formula is C18H23NO. The topological polar surface area (TPSA) is 20.3 Å². The van der Waals surface area contributed by atoms with Crippen molar-refractivity contribution in [2.45, 2.75) is 39.7 Å². The van der Waals surface area contributed by atoms with Crippen LogP contribution in [0.2, 0.25) is 0 Å². The van der Waals surface area contributed by atoms with Crippen LogP contribution in [0.4, 0.5) is 0 Å². The normalized spacial score (nSPS) is 16.5. The van der Waals surface area contributed by atoms with E-state index in [-0.39, 0.29) is 5.92 Å². The number of carbonyl (C=O) groups excluding carboxylic acids is 1. The van der Waals surface area contributed by atoms with E-state index in [1.54, 1.807) is 0 Å². The molecule has 2 rings (SSSR count). The first kappa shape index (κ1) is 14.6. The van der Waals surface area contributed by atoms with Gasteiger partial charge in [0, 0.05) is 24.2 Å². The molecule has 0 fully saturated rings. The fourth-order valence-electron chi connectivity index (χ4n) is 2.34. The third-order valence-corrected chi connectivity index (χ3v) is 3.78. The van der Waals surface area contributed by atoms with Crippen molar-refractivity contribution >= 4 is 5.78 Å². The Bertz CT molecular complexity index is 501. The van der Waals surface area contributed by atoms with Crippen molar-refractivity contribution in [1.29, 1.82) is 0 Å². The summed E-state index contributed by atoms with van der Waals surface area (Å²) < 4.78 is 0. The second kappa shape index (κ2) is 7.09. The Labute approximate surface area is 121 Å². The molecule has 0 radical (unpaired) electrons. The van der Waals surface area contributed by atoms with Crippen molar-refractivity contribution in [1.82, 2.24) is 4.90 Å². The maximum absolute atomic E-state index is 12.4. The molecule has 2 nitrogen and oxygen atoms in total. The third kappa shape index (κ3) is 3.83. The minimum atomic E-state index is 0.123. The summed E-state index contributed by atoms with van der Waals surface area (Å²) in [5.41, 5.74) is 2.21. The molecule has 0 N–H and O–H groups in total. The highest BCUT2D eigenvalue weighted by Gasteiger charge is 2.17. The van der Waals surface area contributed by atoms with E-state index >= 15 is 0 Å². The van der Waals surface area contributed by atoms with Crippen LogP contribution < -0.4 is 0 Å². The van der Waals surface area contributed by atoms with Crippen molar-refractivity contribution in [2.75, 3.05) is 0 Å². The Hall–Kier alpha value is -1.83. The average molecular weight is 269 g/mol. The highest BCUT2D eigenvalue weighted by molar-refractivity contribution is 5.96. The summed E-state index contributed by atoms with van der Waals surface area (Å²) in [6.07, 6.45) is 8.97. The number of rotatable bonds is 5. The number of ketones is 1. The van der Waals surface area contributed by atoms with E-state index in [9.17, 15) is 4.79 Å². The van der Waals surface area contributed by atoms with Crippen LogP contribution in [0, 0.1) is 5.92 Å². The highest BCUT2D eigenvalue weighted by Crippen LogP contribution is 2.20. The molecule has 20 heavy (non-hydrogen) atoms. The van der Waals surface area contributed by atoms with Gasteiger partial charge >= 0.3 is 0 Å². The van der Waals surface area contributed by atoms with Gasteiger partial charge in [-0.1, -0.05) is 50.3 Å². The van der Waals surface area contributed by atoms with Crippen LogP contribution in [0.1, 0.15) is 38.7 Å².